The highest BCUT2D eigenvalue weighted by molar-refractivity contribution is 7.17. The number of carbonyl (C=O) groups is 1. The molecule has 31 heavy (non-hydrogen) atoms. The first-order valence-corrected chi connectivity index (χ1v) is 11.0. The maximum absolute atomic E-state index is 14.9. The number of hydrogen-bond acceptors (Lipinski definition) is 7. The third kappa shape index (κ3) is 4.15. The highest BCUT2D eigenvalue weighted by Gasteiger charge is 2.31. The predicted molar refractivity (Wildman–Crippen MR) is 119 cm³/mol. The SMILES string of the molecule is C=C/C=C(\C=N)N1CCc2nc(-c3ccc(N4CCC[C@@H](CO)C4)nc3F)sc2C1=O. The fourth-order valence-corrected chi connectivity index (χ4v) is 5.09. The molecule has 2 N–H and O–H groups in total. The van der Waals surface area contributed by atoms with Crippen LogP contribution in [-0.4, -0.2) is 58.3 Å². The third-order valence-electron chi connectivity index (χ3n) is 5.62. The van der Waals surface area contributed by atoms with E-state index in [-0.39, 0.29) is 24.0 Å². The minimum atomic E-state index is -0.620. The van der Waals surface area contributed by atoms with Crippen molar-refractivity contribution in [1.82, 2.24) is 14.9 Å². The number of nitrogens with zero attached hydrogens (tertiary/aromatic N) is 4. The van der Waals surface area contributed by atoms with Crippen LogP contribution >= 0.6 is 11.3 Å². The second kappa shape index (κ2) is 9.07. The molecule has 0 aromatic carbocycles. The Morgan fingerprint density at radius 3 is 2.94 bits per heavy atom. The lowest BCUT2D eigenvalue weighted by Gasteiger charge is -2.32. The summed E-state index contributed by atoms with van der Waals surface area (Å²) in [6.07, 6.45) is 6.70. The molecule has 1 atom stereocenters. The Bertz CT molecular complexity index is 1050. The number of piperidine rings is 1. The van der Waals surface area contributed by atoms with Crippen LogP contribution in [0.15, 0.2) is 36.6 Å². The topological polar surface area (TPSA) is 93.4 Å². The van der Waals surface area contributed by atoms with E-state index in [0.29, 0.717) is 46.6 Å². The molecule has 2 aromatic heterocycles. The molecule has 1 saturated heterocycles. The van der Waals surface area contributed by atoms with E-state index in [0.717, 1.165) is 36.9 Å². The average Bonchev–Trinajstić information content (AvgIpc) is 3.23. The van der Waals surface area contributed by atoms with Gasteiger partial charge in [0.05, 0.1) is 17.0 Å². The molecule has 0 unspecified atom stereocenters. The second-order valence-corrected chi connectivity index (χ2v) is 8.62. The summed E-state index contributed by atoms with van der Waals surface area (Å²) >= 11 is 1.15. The van der Waals surface area contributed by atoms with Crippen molar-refractivity contribution >= 4 is 29.3 Å². The van der Waals surface area contributed by atoms with Crippen LogP contribution in [0.25, 0.3) is 10.6 Å². The van der Waals surface area contributed by atoms with Crippen LogP contribution in [0.5, 0.6) is 0 Å². The number of aliphatic hydroxyl groups is 1. The van der Waals surface area contributed by atoms with E-state index >= 15 is 0 Å². The Morgan fingerprint density at radius 2 is 2.23 bits per heavy atom. The zero-order chi connectivity index (χ0) is 22.0. The molecule has 0 bridgehead atoms. The summed E-state index contributed by atoms with van der Waals surface area (Å²) in [5, 5.41) is 17.4. The van der Waals surface area contributed by atoms with Crippen molar-refractivity contribution in [3.63, 3.8) is 0 Å². The Labute approximate surface area is 184 Å². The molecule has 9 heteroatoms. The molecule has 0 radical (unpaired) electrons. The van der Waals surface area contributed by atoms with Gasteiger partial charge in [-0.2, -0.15) is 4.39 Å². The molecule has 0 spiro atoms. The lowest BCUT2D eigenvalue weighted by atomic mass is 9.99. The van der Waals surface area contributed by atoms with Gasteiger partial charge in [0.2, 0.25) is 5.95 Å². The van der Waals surface area contributed by atoms with Crippen molar-refractivity contribution in [1.29, 1.82) is 5.41 Å². The Kier molecular flexibility index (Phi) is 6.24. The van der Waals surface area contributed by atoms with Gasteiger partial charge in [0.25, 0.3) is 5.91 Å². The van der Waals surface area contributed by atoms with E-state index in [4.69, 9.17) is 5.41 Å². The normalized spacial score (nSPS) is 19.4. The van der Waals surface area contributed by atoms with Gasteiger partial charge in [0.1, 0.15) is 15.7 Å². The van der Waals surface area contributed by atoms with Crippen LogP contribution in [0.4, 0.5) is 10.2 Å². The van der Waals surface area contributed by atoms with Crippen LogP contribution in [-0.2, 0) is 6.42 Å². The molecule has 1 fully saturated rings. The first-order chi connectivity index (χ1) is 15.0. The average molecular weight is 442 g/mol. The van der Waals surface area contributed by atoms with Gasteiger partial charge in [0, 0.05) is 38.9 Å². The van der Waals surface area contributed by atoms with E-state index < -0.39 is 5.95 Å². The summed E-state index contributed by atoms with van der Waals surface area (Å²) < 4.78 is 14.9. The van der Waals surface area contributed by atoms with Crippen molar-refractivity contribution in [2.75, 3.05) is 31.1 Å². The van der Waals surface area contributed by atoms with E-state index in [1.807, 2.05) is 4.90 Å². The van der Waals surface area contributed by atoms with Crippen molar-refractivity contribution in [3.05, 3.63) is 53.1 Å². The number of hydrogen-bond donors (Lipinski definition) is 2. The van der Waals surface area contributed by atoms with Crippen LogP contribution < -0.4 is 4.90 Å². The van der Waals surface area contributed by atoms with Gasteiger partial charge in [-0.1, -0.05) is 12.7 Å². The zero-order valence-electron chi connectivity index (χ0n) is 17.1. The number of rotatable bonds is 6. The fraction of sp³-hybridized carbons (Fsp3) is 0.364. The van der Waals surface area contributed by atoms with Crippen molar-refractivity contribution in [2.24, 2.45) is 5.92 Å². The van der Waals surface area contributed by atoms with Crippen molar-refractivity contribution < 1.29 is 14.3 Å². The van der Waals surface area contributed by atoms with Gasteiger partial charge in [-0.25, -0.2) is 9.97 Å². The van der Waals surface area contributed by atoms with Crippen LogP contribution in [0.1, 0.15) is 28.2 Å². The molecule has 1 amide bonds. The summed E-state index contributed by atoms with van der Waals surface area (Å²) in [6.45, 7) is 5.59. The standard InChI is InChI=1S/C22H24FN5O2S/c1-2-4-15(11-24)28-10-8-17-19(22(28)30)31-21(25-17)16-6-7-18(26-20(16)23)27-9-3-5-14(12-27)13-29/h2,4,6-7,11,14,24,29H,1,3,5,8-10,12-13H2/b15-4+,24-11?/t14-/m1/s1. The molecule has 162 valence electrons. The molecule has 4 rings (SSSR count). The minimum absolute atomic E-state index is 0.120. The highest BCUT2D eigenvalue weighted by Crippen LogP contribution is 2.34. The Morgan fingerprint density at radius 1 is 1.39 bits per heavy atom. The van der Waals surface area contributed by atoms with Crippen LogP contribution in [0.3, 0.4) is 0 Å². The van der Waals surface area contributed by atoms with Crippen LogP contribution in [0.2, 0.25) is 0 Å². The highest BCUT2D eigenvalue weighted by atomic mass is 32.1. The lowest BCUT2D eigenvalue weighted by molar-refractivity contribution is 0.0805. The van der Waals surface area contributed by atoms with E-state index in [2.05, 4.69) is 16.5 Å². The summed E-state index contributed by atoms with van der Waals surface area (Å²) in [6, 6.07) is 3.43. The molecule has 0 aliphatic carbocycles. The van der Waals surface area contributed by atoms with Crippen molar-refractivity contribution in [2.45, 2.75) is 19.3 Å². The summed E-state index contributed by atoms with van der Waals surface area (Å²) in [5.74, 6) is -0.132. The number of halogens is 1. The molecule has 0 saturated carbocycles. The van der Waals surface area contributed by atoms with Gasteiger partial charge in [-0.05, 0) is 37.0 Å². The quantitative estimate of drug-likeness (QED) is 0.408. The van der Waals surface area contributed by atoms with Gasteiger partial charge < -0.3 is 20.3 Å². The molecule has 2 aromatic rings. The Hall–Kier alpha value is -2.91. The molecular formula is C22H24FN5O2S. The summed E-state index contributed by atoms with van der Waals surface area (Å²) in [7, 11) is 0. The van der Waals surface area contributed by atoms with Gasteiger partial charge >= 0.3 is 0 Å². The van der Waals surface area contributed by atoms with Crippen molar-refractivity contribution in [3.8, 4) is 10.6 Å². The molecule has 4 heterocycles. The number of carbonyl (C=O) groups excluding carboxylic acids is 1. The zero-order valence-corrected chi connectivity index (χ0v) is 17.9. The second-order valence-electron chi connectivity index (χ2n) is 7.62. The number of fused-ring (bicyclic) bond motifs is 1. The first-order valence-electron chi connectivity index (χ1n) is 10.2. The summed E-state index contributed by atoms with van der Waals surface area (Å²) in [4.78, 5) is 25.6. The molecule has 2 aliphatic heterocycles. The number of pyridine rings is 1. The largest absolute Gasteiger partial charge is 0.396 e. The number of anilines is 1. The van der Waals surface area contributed by atoms with Gasteiger partial charge in [0.15, 0.2) is 0 Å². The number of amides is 1. The predicted octanol–water partition coefficient (Wildman–Crippen LogP) is 3.27. The monoisotopic (exact) mass is 441 g/mol. The first kappa shape index (κ1) is 21.3. The smallest absolute Gasteiger partial charge is 0.270 e. The number of thiazole rings is 1. The maximum atomic E-state index is 14.9. The van der Waals surface area contributed by atoms with E-state index in [9.17, 15) is 14.3 Å². The number of aliphatic hydroxyl groups excluding tert-OH is 1. The third-order valence-corrected chi connectivity index (χ3v) is 6.74. The fourth-order valence-electron chi connectivity index (χ4n) is 4.01. The molecule has 7 nitrogen and oxygen atoms in total. The number of nitrogens with one attached hydrogen (secondary N) is 1. The lowest BCUT2D eigenvalue weighted by Crippen LogP contribution is -2.37. The van der Waals surface area contributed by atoms with Crippen LogP contribution in [0, 0.1) is 17.3 Å². The van der Waals surface area contributed by atoms with E-state index in [1.54, 1.807) is 18.2 Å². The van der Waals surface area contributed by atoms with Gasteiger partial charge in [-0.3, -0.25) is 4.79 Å². The Balaban J connectivity index is 1.59. The summed E-state index contributed by atoms with van der Waals surface area (Å²) in [5.41, 5.74) is 1.38. The number of allylic oxidation sites excluding steroid dienone is 3. The maximum Gasteiger partial charge on any atom is 0.270 e. The minimum Gasteiger partial charge on any atom is -0.396 e. The molecule has 2 aliphatic rings. The van der Waals surface area contributed by atoms with Gasteiger partial charge in [-0.15, -0.1) is 11.3 Å². The molecular weight excluding hydrogens is 417 g/mol. The number of aromatic nitrogens is 2. The van der Waals surface area contributed by atoms with E-state index in [1.165, 1.54) is 11.0 Å².